The highest BCUT2D eigenvalue weighted by Crippen LogP contribution is 2.30. The first-order valence-corrected chi connectivity index (χ1v) is 9.28. The van der Waals surface area contributed by atoms with E-state index < -0.39 is 0 Å². The molecule has 1 saturated heterocycles. The summed E-state index contributed by atoms with van der Waals surface area (Å²) in [5.74, 6) is 1.57. The third-order valence-corrected chi connectivity index (χ3v) is 5.40. The van der Waals surface area contributed by atoms with E-state index in [1.165, 1.54) is 17.5 Å². The van der Waals surface area contributed by atoms with Crippen LogP contribution in [0, 0.1) is 12.8 Å². The molecule has 1 fully saturated rings. The zero-order valence-corrected chi connectivity index (χ0v) is 14.8. The quantitative estimate of drug-likeness (QED) is 0.854. The van der Waals surface area contributed by atoms with Gasteiger partial charge in [-0.2, -0.15) is 0 Å². The highest BCUT2D eigenvalue weighted by molar-refractivity contribution is 5.82. The molecule has 2 aliphatic rings. The lowest BCUT2D eigenvalue weighted by atomic mass is 9.90. The zero-order chi connectivity index (χ0) is 17.2. The predicted molar refractivity (Wildman–Crippen MR) is 98.7 cm³/mol. The summed E-state index contributed by atoms with van der Waals surface area (Å²) < 4.78 is 5.90. The Kier molecular flexibility index (Phi) is 4.48. The Morgan fingerprint density at radius 2 is 1.96 bits per heavy atom. The summed E-state index contributed by atoms with van der Waals surface area (Å²) in [6.07, 6.45) is 3.70. The average Bonchev–Trinajstić information content (AvgIpc) is 3.07. The lowest BCUT2D eigenvalue weighted by Gasteiger charge is -2.34. The minimum atomic E-state index is -0.337. The summed E-state index contributed by atoms with van der Waals surface area (Å²) in [6, 6.07) is 16.8. The molecule has 25 heavy (non-hydrogen) atoms. The van der Waals surface area contributed by atoms with Gasteiger partial charge in [0.1, 0.15) is 5.75 Å². The van der Waals surface area contributed by atoms with Crippen molar-refractivity contribution in [1.82, 2.24) is 4.90 Å². The SMILES string of the molecule is Cc1ccc(C[C@H]2CCCN(C(=O)[C@H]3Cc4ccccc4O3)C2)cc1. The Balaban J connectivity index is 1.38. The second-order valence-corrected chi connectivity index (χ2v) is 7.40. The normalized spacial score (nSPS) is 22.4. The van der Waals surface area contributed by atoms with Crippen LogP contribution in [0.3, 0.4) is 0 Å². The van der Waals surface area contributed by atoms with Crippen LogP contribution in [0.2, 0.25) is 0 Å². The van der Waals surface area contributed by atoms with E-state index in [1.54, 1.807) is 0 Å². The fourth-order valence-electron chi connectivity index (χ4n) is 4.01. The zero-order valence-electron chi connectivity index (χ0n) is 14.8. The van der Waals surface area contributed by atoms with E-state index in [2.05, 4.69) is 37.3 Å². The number of para-hydroxylation sites is 1. The van der Waals surface area contributed by atoms with Crippen molar-refractivity contribution in [2.75, 3.05) is 13.1 Å². The average molecular weight is 335 g/mol. The molecule has 2 aromatic rings. The van der Waals surface area contributed by atoms with Crippen LogP contribution in [0.1, 0.15) is 29.5 Å². The van der Waals surface area contributed by atoms with Gasteiger partial charge in [0.15, 0.2) is 6.10 Å². The predicted octanol–water partition coefficient (Wildman–Crippen LogP) is 3.78. The molecule has 0 aromatic heterocycles. The highest BCUT2D eigenvalue weighted by atomic mass is 16.5. The first-order valence-electron chi connectivity index (χ1n) is 9.28. The summed E-state index contributed by atoms with van der Waals surface area (Å²) >= 11 is 0. The molecule has 2 aromatic carbocycles. The van der Waals surface area contributed by atoms with Gasteiger partial charge in [0, 0.05) is 19.5 Å². The fourth-order valence-corrected chi connectivity index (χ4v) is 4.01. The molecule has 3 heteroatoms. The number of likely N-dealkylation sites (tertiary alicyclic amines) is 1. The van der Waals surface area contributed by atoms with E-state index in [4.69, 9.17) is 4.74 Å². The lowest BCUT2D eigenvalue weighted by molar-refractivity contribution is -0.139. The maximum atomic E-state index is 12.9. The largest absolute Gasteiger partial charge is 0.480 e. The molecule has 3 nitrogen and oxygen atoms in total. The van der Waals surface area contributed by atoms with Gasteiger partial charge in [0.05, 0.1) is 0 Å². The first kappa shape index (κ1) is 16.2. The van der Waals surface area contributed by atoms with Gasteiger partial charge in [0.25, 0.3) is 5.91 Å². The summed E-state index contributed by atoms with van der Waals surface area (Å²) in [7, 11) is 0. The molecule has 0 N–H and O–H groups in total. The van der Waals surface area contributed by atoms with Crippen LogP contribution in [0.5, 0.6) is 5.75 Å². The number of amides is 1. The minimum Gasteiger partial charge on any atom is -0.480 e. The molecule has 0 radical (unpaired) electrons. The van der Waals surface area contributed by atoms with Crippen molar-refractivity contribution < 1.29 is 9.53 Å². The molecule has 2 heterocycles. The molecule has 4 rings (SSSR count). The molecule has 1 amide bonds. The van der Waals surface area contributed by atoms with Crippen LogP contribution in [-0.2, 0) is 17.6 Å². The molecule has 0 unspecified atom stereocenters. The third-order valence-electron chi connectivity index (χ3n) is 5.40. The Morgan fingerprint density at radius 3 is 2.76 bits per heavy atom. The number of carbonyl (C=O) groups is 1. The number of piperidine rings is 1. The number of ether oxygens (including phenoxy) is 1. The van der Waals surface area contributed by atoms with Gasteiger partial charge < -0.3 is 9.64 Å². The number of rotatable bonds is 3. The molecule has 0 spiro atoms. The molecule has 2 aliphatic heterocycles. The number of aryl methyl sites for hydroxylation is 1. The molecule has 2 atom stereocenters. The monoisotopic (exact) mass is 335 g/mol. The molecule has 0 saturated carbocycles. The van der Waals surface area contributed by atoms with Crippen molar-refractivity contribution in [2.45, 2.75) is 38.7 Å². The van der Waals surface area contributed by atoms with E-state index in [1.807, 2.05) is 23.1 Å². The van der Waals surface area contributed by atoms with Crippen LogP contribution in [0.4, 0.5) is 0 Å². The number of fused-ring (bicyclic) bond motifs is 1. The minimum absolute atomic E-state index is 0.157. The second kappa shape index (κ2) is 6.91. The Bertz CT molecular complexity index is 728. The Labute approximate surface area is 149 Å². The molecule has 130 valence electrons. The van der Waals surface area contributed by atoms with Crippen LogP contribution in [0.25, 0.3) is 0 Å². The maximum absolute atomic E-state index is 12.9. The van der Waals surface area contributed by atoms with E-state index in [-0.39, 0.29) is 12.0 Å². The standard InChI is InChI=1S/C22H25NO2/c1-16-8-10-17(11-9-16)13-18-5-4-12-23(15-18)22(24)21-14-19-6-2-3-7-20(19)25-21/h2-3,6-11,18,21H,4-5,12-15H2,1H3/t18-,21-/m1/s1. The van der Waals surface area contributed by atoms with E-state index in [0.717, 1.165) is 37.2 Å². The van der Waals surface area contributed by atoms with Gasteiger partial charge >= 0.3 is 0 Å². The number of hydrogen-bond donors (Lipinski definition) is 0. The van der Waals surface area contributed by atoms with Crippen LogP contribution >= 0.6 is 0 Å². The van der Waals surface area contributed by atoms with Gasteiger partial charge in [-0.3, -0.25) is 4.79 Å². The summed E-state index contributed by atoms with van der Waals surface area (Å²) in [6.45, 7) is 3.83. The molecular formula is C22H25NO2. The number of carbonyl (C=O) groups excluding carboxylic acids is 1. The van der Waals surface area contributed by atoms with Crippen LogP contribution in [-0.4, -0.2) is 30.0 Å². The van der Waals surface area contributed by atoms with Gasteiger partial charge in [-0.25, -0.2) is 0 Å². The van der Waals surface area contributed by atoms with Crippen molar-refractivity contribution >= 4 is 5.91 Å². The fraction of sp³-hybridized carbons (Fsp3) is 0.409. The van der Waals surface area contributed by atoms with Crippen molar-refractivity contribution in [2.24, 2.45) is 5.92 Å². The van der Waals surface area contributed by atoms with Gasteiger partial charge in [-0.1, -0.05) is 48.0 Å². The van der Waals surface area contributed by atoms with Gasteiger partial charge in [-0.15, -0.1) is 0 Å². The molecule has 0 bridgehead atoms. The van der Waals surface area contributed by atoms with Gasteiger partial charge in [0.2, 0.25) is 0 Å². The smallest absolute Gasteiger partial charge is 0.264 e. The Hall–Kier alpha value is -2.29. The van der Waals surface area contributed by atoms with Crippen molar-refractivity contribution in [3.05, 3.63) is 65.2 Å². The Morgan fingerprint density at radius 1 is 1.16 bits per heavy atom. The van der Waals surface area contributed by atoms with Gasteiger partial charge in [-0.05, 0) is 49.3 Å². The van der Waals surface area contributed by atoms with E-state index in [0.29, 0.717) is 12.3 Å². The number of nitrogens with zero attached hydrogens (tertiary/aromatic N) is 1. The van der Waals surface area contributed by atoms with Crippen molar-refractivity contribution in [3.63, 3.8) is 0 Å². The number of benzene rings is 2. The first-order chi connectivity index (χ1) is 12.2. The summed E-state index contributed by atoms with van der Waals surface area (Å²) in [4.78, 5) is 14.9. The van der Waals surface area contributed by atoms with E-state index in [9.17, 15) is 4.79 Å². The summed E-state index contributed by atoms with van der Waals surface area (Å²) in [5, 5.41) is 0. The highest BCUT2D eigenvalue weighted by Gasteiger charge is 2.34. The lowest BCUT2D eigenvalue weighted by Crippen LogP contribution is -2.46. The van der Waals surface area contributed by atoms with Crippen LogP contribution in [0.15, 0.2) is 48.5 Å². The third kappa shape index (κ3) is 3.55. The molecule has 0 aliphatic carbocycles. The number of hydrogen-bond acceptors (Lipinski definition) is 2. The van der Waals surface area contributed by atoms with Crippen molar-refractivity contribution in [3.8, 4) is 5.75 Å². The second-order valence-electron chi connectivity index (χ2n) is 7.40. The summed E-state index contributed by atoms with van der Waals surface area (Å²) in [5.41, 5.74) is 3.81. The maximum Gasteiger partial charge on any atom is 0.264 e. The molecular weight excluding hydrogens is 310 g/mol. The van der Waals surface area contributed by atoms with E-state index >= 15 is 0 Å². The van der Waals surface area contributed by atoms with Crippen molar-refractivity contribution in [1.29, 1.82) is 0 Å². The van der Waals surface area contributed by atoms with Crippen LogP contribution < -0.4 is 4.74 Å². The topological polar surface area (TPSA) is 29.5 Å².